The Morgan fingerprint density at radius 1 is 1.00 bits per heavy atom. The Morgan fingerprint density at radius 3 is 2.33 bits per heavy atom. The number of rotatable bonds is 3. The monoisotopic (exact) mass is 310 g/mol. The highest BCUT2D eigenvalue weighted by atomic mass is 32.1. The van der Waals surface area contributed by atoms with Gasteiger partial charge in [0.1, 0.15) is 10.1 Å². The average Bonchev–Trinajstić information content (AvgIpc) is 2.97. The van der Waals surface area contributed by atoms with Gasteiger partial charge in [-0.25, -0.2) is 4.98 Å². The van der Waals surface area contributed by atoms with Gasteiger partial charge in [-0.05, 0) is 16.7 Å². The third kappa shape index (κ3) is 3.23. The maximum atomic E-state index is 5.09. The molecule has 0 saturated heterocycles. The fraction of sp³-hybridized carbons (Fsp3) is 0.0588. The van der Waals surface area contributed by atoms with Crippen molar-refractivity contribution in [2.75, 3.05) is 0 Å². The van der Waals surface area contributed by atoms with Crippen molar-refractivity contribution in [1.29, 1.82) is 0 Å². The zero-order valence-electron chi connectivity index (χ0n) is 11.3. The molecule has 0 atom stereocenters. The minimum atomic E-state index is 0.517. The van der Waals surface area contributed by atoms with E-state index in [-0.39, 0.29) is 0 Å². The fourth-order valence-electron chi connectivity index (χ4n) is 2.27. The first-order valence-electron chi connectivity index (χ1n) is 6.64. The lowest BCUT2D eigenvalue weighted by atomic mass is 10.0. The van der Waals surface area contributed by atoms with Gasteiger partial charge < -0.3 is 0 Å². The molecule has 0 amide bonds. The summed E-state index contributed by atoms with van der Waals surface area (Å²) in [4.78, 5) is 4.34. The third-order valence-electron chi connectivity index (χ3n) is 3.35. The molecule has 0 saturated carbocycles. The van der Waals surface area contributed by atoms with Gasteiger partial charge in [-0.1, -0.05) is 66.8 Å². The second kappa shape index (κ2) is 6.24. The zero-order chi connectivity index (χ0) is 14.7. The van der Waals surface area contributed by atoms with E-state index in [4.69, 9.17) is 12.2 Å². The molecule has 104 valence electrons. The van der Waals surface area contributed by atoms with Gasteiger partial charge in [0.05, 0.1) is 0 Å². The Hall–Kier alpha value is -1.91. The van der Waals surface area contributed by atoms with Crippen molar-refractivity contribution in [3.05, 3.63) is 78.4 Å². The van der Waals surface area contributed by atoms with Crippen LogP contribution in [0.2, 0.25) is 0 Å². The fourth-order valence-corrected chi connectivity index (χ4v) is 2.62. The smallest absolute Gasteiger partial charge is 0.142 e. The van der Waals surface area contributed by atoms with Gasteiger partial charge in [0.2, 0.25) is 0 Å². The number of imidazole rings is 1. The highest BCUT2D eigenvalue weighted by molar-refractivity contribution is 8.11. The van der Waals surface area contributed by atoms with E-state index in [1.54, 1.807) is 6.20 Å². The molecule has 2 nitrogen and oxygen atoms in total. The lowest BCUT2D eigenvalue weighted by Crippen LogP contribution is -2.06. The zero-order valence-corrected chi connectivity index (χ0v) is 13.0. The quantitative estimate of drug-likeness (QED) is 0.577. The first-order chi connectivity index (χ1) is 10.2. The topological polar surface area (TPSA) is 17.8 Å². The number of hydrogen-bond acceptors (Lipinski definition) is 2. The van der Waals surface area contributed by atoms with Crippen molar-refractivity contribution < 1.29 is 0 Å². The summed E-state index contributed by atoms with van der Waals surface area (Å²) in [6, 6.07) is 18.9. The van der Waals surface area contributed by atoms with Gasteiger partial charge in [-0.15, -0.1) is 12.6 Å². The first kappa shape index (κ1) is 14.0. The molecule has 0 N–H and O–H groups in total. The minimum absolute atomic E-state index is 0.517. The highest BCUT2D eigenvalue weighted by Crippen LogP contribution is 2.20. The lowest BCUT2D eigenvalue weighted by Gasteiger charge is -2.06. The Balaban J connectivity index is 1.82. The number of hydrogen-bond donors (Lipinski definition) is 1. The average molecular weight is 310 g/mol. The summed E-state index contributed by atoms with van der Waals surface area (Å²) < 4.78 is 2.34. The van der Waals surface area contributed by atoms with E-state index in [2.05, 4.69) is 54.0 Å². The summed E-state index contributed by atoms with van der Waals surface area (Å²) in [5.41, 5.74) is 3.64. The van der Waals surface area contributed by atoms with Crippen LogP contribution in [0.5, 0.6) is 0 Å². The van der Waals surface area contributed by atoms with E-state index in [0.29, 0.717) is 4.32 Å². The molecule has 0 fully saturated rings. The van der Waals surface area contributed by atoms with Crippen LogP contribution in [0.4, 0.5) is 0 Å². The number of thiocarbonyl (C=S) groups is 1. The van der Waals surface area contributed by atoms with Gasteiger partial charge in [-0.3, -0.25) is 4.57 Å². The molecular weight excluding hydrogens is 296 g/mol. The maximum Gasteiger partial charge on any atom is 0.142 e. The van der Waals surface area contributed by atoms with Crippen molar-refractivity contribution in [3.63, 3.8) is 0 Å². The summed E-state index contributed by atoms with van der Waals surface area (Å²) in [6.07, 6.45) is 4.32. The second-order valence-electron chi connectivity index (χ2n) is 4.74. The molecule has 0 aliphatic carbocycles. The van der Waals surface area contributed by atoms with Crippen molar-refractivity contribution in [2.24, 2.45) is 0 Å². The summed E-state index contributed by atoms with van der Waals surface area (Å²) >= 11 is 9.30. The molecule has 0 aliphatic heterocycles. The van der Waals surface area contributed by atoms with E-state index in [1.807, 2.05) is 29.0 Å². The standard InChI is InChI=1S/C17H14N2S2/c20-17(21)19-11-10-18-16(19)12-13-6-8-15(9-7-13)14-4-2-1-3-5-14/h1-11H,12H2,(H,20,21). The maximum absolute atomic E-state index is 5.09. The molecule has 2 aromatic carbocycles. The summed E-state index contributed by atoms with van der Waals surface area (Å²) in [5.74, 6) is 0.905. The molecule has 3 aromatic rings. The predicted octanol–water partition coefficient (Wildman–Crippen LogP) is 4.20. The summed E-state index contributed by atoms with van der Waals surface area (Å²) in [5, 5.41) is 0. The molecule has 0 unspecified atom stereocenters. The van der Waals surface area contributed by atoms with Crippen LogP contribution >= 0.6 is 24.8 Å². The molecule has 4 heteroatoms. The summed E-state index contributed by atoms with van der Waals surface area (Å²) in [6.45, 7) is 0. The molecule has 21 heavy (non-hydrogen) atoms. The van der Waals surface area contributed by atoms with Gasteiger partial charge in [0, 0.05) is 18.8 Å². The van der Waals surface area contributed by atoms with Crippen LogP contribution in [0.3, 0.4) is 0 Å². The van der Waals surface area contributed by atoms with Crippen LogP contribution < -0.4 is 0 Å². The van der Waals surface area contributed by atoms with Crippen molar-refractivity contribution in [3.8, 4) is 11.1 Å². The van der Waals surface area contributed by atoms with E-state index in [9.17, 15) is 0 Å². The highest BCUT2D eigenvalue weighted by Gasteiger charge is 2.06. The molecular formula is C17H14N2S2. The molecule has 0 aliphatic rings. The molecule has 3 rings (SSSR count). The Kier molecular flexibility index (Phi) is 4.18. The minimum Gasteiger partial charge on any atom is -0.289 e. The van der Waals surface area contributed by atoms with Crippen LogP contribution in [0.15, 0.2) is 67.0 Å². The van der Waals surface area contributed by atoms with Crippen LogP contribution in [0.1, 0.15) is 11.4 Å². The number of benzene rings is 2. The first-order valence-corrected chi connectivity index (χ1v) is 7.49. The SMILES string of the molecule is S=C(S)n1ccnc1Cc1ccc(-c2ccccc2)cc1. The van der Waals surface area contributed by atoms with Crippen molar-refractivity contribution >= 4 is 29.2 Å². The van der Waals surface area contributed by atoms with Crippen LogP contribution in [0.25, 0.3) is 11.1 Å². The lowest BCUT2D eigenvalue weighted by molar-refractivity contribution is 0.968. The van der Waals surface area contributed by atoms with Crippen LogP contribution in [-0.4, -0.2) is 13.9 Å². The third-order valence-corrected chi connectivity index (χ3v) is 3.76. The Morgan fingerprint density at radius 2 is 1.67 bits per heavy atom. The van der Waals surface area contributed by atoms with Gasteiger partial charge in [0.25, 0.3) is 0 Å². The van der Waals surface area contributed by atoms with E-state index in [1.165, 1.54) is 16.7 Å². The number of thiol groups is 1. The number of aromatic nitrogens is 2. The molecule has 0 bridgehead atoms. The normalized spacial score (nSPS) is 10.5. The Bertz CT molecular complexity index is 746. The van der Waals surface area contributed by atoms with E-state index >= 15 is 0 Å². The second-order valence-corrected chi connectivity index (χ2v) is 5.85. The van der Waals surface area contributed by atoms with Gasteiger partial charge in [0.15, 0.2) is 0 Å². The number of nitrogens with zero attached hydrogens (tertiary/aromatic N) is 2. The largest absolute Gasteiger partial charge is 0.289 e. The summed E-state index contributed by atoms with van der Waals surface area (Å²) in [7, 11) is 0. The molecule has 1 aromatic heterocycles. The molecule has 0 spiro atoms. The van der Waals surface area contributed by atoms with Crippen molar-refractivity contribution in [1.82, 2.24) is 9.55 Å². The van der Waals surface area contributed by atoms with Gasteiger partial charge in [-0.2, -0.15) is 0 Å². The van der Waals surface area contributed by atoms with Crippen LogP contribution in [-0.2, 0) is 6.42 Å². The van der Waals surface area contributed by atoms with E-state index < -0.39 is 0 Å². The molecule has 0 radical (unpaired) electrons. The van der Waals surface area contributed by atoms with Crippen LogP contribution in [0, 0.1) is 0 Å². The molecule has 1 heterocycles. The van der Waals surface area contributed by atoms with E-state index in [0.717, 1.165) is 12.2 Å². The predicted molar refractivity (Wildman–Crippen MR) is 93.9 cm³/mol. The van der Waals surface area contributed by atoms with Crippen molar-refractivity contribution in [2.45, 2.75) is 6.42 Å². The van der Waals surface area contributed by atoms with Gasteiger partial charge >= 0.3 is 0 Å². The Labute approximate surface area is 134 Å².